The third-order valence-corrected chi connectivity index (χ3v) is 2.08. The van der Waals surface area contributed by atoms with Crippen LogP contribution >= 0.6 is 27.5 Å². The fraction of sp³-hybridized carbons (Fsp3) is 0.286. The van der Waals surface area contributed by atoms with Gasteiger partial charge in [0.05, 0.1) is 17.1 Å². The summed E-state index contributed by atoms with van der Waals surface area (Å²) >= 11 is 8.33. The van der Waals surface area contributed by atoms with Gasteiger partial charge in [0.25, 0.3) is 6.43 Å². The SMILES string of the molecule is Oc1c(C(F)F)cc(Br)nc1CCl. The van der Waals surface area contributed by atoms with Gasteiger partial charge in [-0.3, -0.25) is 0 Å². The highest BCUT2D eigenvalue weighted by atomic mass is 79.9. The Bertz CT molecular complexity index is 322. The lowest BCUT2D eigenvalue weighted by Crippen LogP contribution is -1.94. The molecule has 0 aliphatic heterocycles. The van der Waals surface area contributed by atoms with E-state index in [1.807, 2.05) is 0 Å². The summed E-state index contributed by atoms with van der Waals surface area (Å²) in [6, 6.07) is 1.07. The van der Waals surface area contributed by atoms with Gasteiger partial charge in [0, 0.05) is 0 Å². The Morgan fingerprint density at radius 1 is 1.62 bits per heavy atom. The molecule has 0 saturated carbocycles. The first-order valence-electron chi connectivity index (χ1n) is 3.28. The van der Waals surface area contributed by atoms with Crippen LogP contribution in [0.3, 0.4) is 0 Å². The molecule has 0 radical (unpaired) electrons. The molecule has 72 valence electrons. The monoisotopic (exact) mass is 271 g/mol. The first-order valence-corrected chi connectivity index (χ1v) is 4.61. The number of aromatic hydroxyl groups is 1. The Hall–Kier alpha value is -0.420. The first kappa shape index (κ1) is 10.7. The first-order chi connectivity index (χ1) is 6.06. The lowest BCUT2D eigenvalue weighted by Gasteiger charge is -2.06. The minimum Gasteiger partial charge on any atom is -0.505 e. The van der Waals surface area contributed by atoms with Crippen molar-refractivity contribution in [1.29, 1.82) is 0 Å². The zero-order valence-electron chi connectivity index (χ0n) is 6.27. The van der Waals surface area contributed by atoms with Crippen molar-refractivity contribution in [2.75, 3.05) is 0 Å². The molecule has 0 spiro atoms. The lowest BCUT2D eigenvalue weighted by atomic mass is 10.2. The Morgan fingerprint density at radius 3 is 2.69 bits per heavy atom. The van der Waals surface area contributed by atoms with E-state index in [1.54, 1.807) is 0 Å². The maximum Gasteiger partial charge on any atom is 0.267 e. The number of hydrogen-bond donors (Lipinski definition) is 1. The molecular weight excluding hydrogens is 267 g/mol. The topological polar surface area (TPSA) is 33.1 Å². The molecule has 0 fully saturated rings. The highest BCUT2D eigenvalue weighted by molar-refractivity contribution is 9.10. The summed E-state index contributed by atoms with van der Waals surface area (Å²) in [6.45, 7) is 0. The van der Waals surface area contributed by atoms with Gasteiger partial charge in [-0.25, -0.2) is 13.8 Å². The van der Waals surface area contributed by atoms with Crippen molar-refractivity contribution >= 4 is 27.5 Å². The molecule has 0 amide bonds. The van der Waals surface area contributed by atoms with Crippen molar-refractivity contribution in [2.24, 2.45) is 0 Å². The van der Waals surface area contributed by atoms with Gasteiger partial charge in [-0.05, 0) is 22.0 Å². The molecular formula is C7H5BrClF2NO. The molecule has 1 rings (SSSR count). The average Bonchev–Trinajstić information content (AvgIpc) is 2.08. The normalized spacial score (nSPS) is 10.8. The molecule has 0 atom stereocenters. The minimum absolute atomic E-state index is 0.0475. The fourth-order valence-corrected chi connectivity index (χ4v) is 1.48. The van der Waals surface area contributed by atoms with Crippen LogP contribution in [0.25, 0.3) is 0 Å². The van der Waals surface area contributed by atoms with Gasteiger partial charge in [-0.15, -0.1) is 11.6 Å². The third-order valence-electron chi connectivity index (χ3n) is 1.42. The second-order valence-electron chi connectivity index (χ2n) is 2.26. The van der Waals surface area contributed by atoms with E-state index >= 15 is 0 Å². The van der Waals surface area contributed by atoms with Crippen molar-refractivity contribution in [1.82, 2.24) is 4.98 Å². The largest absolute Gasteiger partial charge is 0.505 e. The highest BCUT2D eigenvalue weighted by Gasteiger charge is 2.17. The summed E-state index contributed by atoms with van der Waals surface area (Å²) in [5, 5.41) is 9.24. The summed E-state index contributed by atoms with van der Waals surface area (Å²) in [5.74, 6) is -0.640. The second-order valence-corrected chi connectivity index (χ2v) is 3.34. The molecule has 1 N–H and O–H groups in total. The van der Waals surface area contributed by atoms with Crippen LogP contribution < -0.4 is 0 Å². The maximum atomic E-state index is 12.3. The Labute approximate surface area is 86.7 Å². The summed E-state index contributed by atoms with van der Waals surface area (Å²) in [6.07, 6.45) is -2.73. The van der Waals surface area contributed by atoms with Gasteiger partial charge in [-0.2, -0.15) is 0 Å². The lowest BCUT2D eigenvalue weighted by molar-refractivity contribution is 0.147. The summed E-state index contributed by atoms with van der Waals surface area (Å²) < 4.78 is 24.8. The van der Waals surface area contributed by atoms with Gasteiger partial charge in [0.2, 0.25) is 0 Å². The van der Waals surface area contributed by atoms with Crippen LogP contribution in [0.4, 0.5) is 8.78 Å². The van der Waals surface area contributed by atoms with Gasteiger partial charge in [0.1, 0.15) is 10.4 Å². The molecule has 1 heterocycles. The van der Waals surface area contributed by atoms with Gasteiger partial charge in [0.15, 0.2) is 0 Å². The molecule has 0 aromatic carbocycles. The van der Waals surface area contributed by atoms with Gasteiger partial charge < -0.3 is 5.11 Å². The molecule has 0 aliphatic carbocycles. The Balaban J connectivity index is 3.27. The minimum atomic E-state index is -2.73. The highest BCUT2D eigenvalue weighted by Crippen LogP contribution is 2.32. The van der Waals surface area contributed by atoms with Crippen molar-refractivity contribution in [3.8, 4) is 5.75 Å². The summed E-state index contributed by atoms with van der Waals surface area (Å²) in [4.78, 5) is 3.74. The van der Waals surface area contributed by atoms with E-state index < -0.39 is 17.7 Å². The molecule has 0 saturated heterocycles. The van der Waals surface area contributed by atoms with E-state index in [0.717, 1.165) is 6.07 Å². The van der Waals surface area contributed by atoms with Crippen LogP contribution in [0.15, 0.2) is 10.7 Å². The number of halogens is 4. The van der Waals surface area contributed by atoms with E-state index in [-0.39, 0.29) is 16.2 Å². The van der Waals surface area contributed by atoms with Crippen molar-refractivity contribution < 1.29 is 13.9 Å². The molecule has 0 unspecified atom stereocenters. The number of nitrogens with zero attached hydrogens (tertiary/aromatic N) is 1. The zero-order valence-corrected chi connectivity index (χ0v) is 8.61. The van der Waals surface area contributed by atoms with E-state index in [9.17, 15) is 13.9 Å². The molecule has 1 aromatic heterocycles. The van der Waals surface area contributed by atoms with Crippen LogP contribution in [0.1, 0.15) is 17.7 Å². The molecule has 1 aromatic rings. The second kappa shape index (κ2) is 4.19. The summed E-state index contributed by atoms with van der Waals surface area (Å²) in [7, 11) is 0. The maximum absolute atomic E-state index is 12.3. The molecule has 0 bridgehead atoms. The van der Waals surface area contributed by atoms with Crippen LogP contribution in [0.2, 0.25) is 0 Å². The van der Waals surface area contributed by atoms with Crippen molar-refractivity contribution in [3.63, 3.8) is 0 Å². The van der Waals surface area contributed by atoms with E-state index in [0.29, 0.717) is 0 Å². The number of alkyl halides is 3. The molecule has 2 nitrogen and oxygen atoms in total. The number of rotatable bonds is 2. The van der Waals surface area contributed by atoms with Crippen LogP contribution in [-0.4, -0.2) is 10.1 Å². The molecule has 13 heavy (non-hydrogen) atoms. The predicted molar refractivity (Wildman–Crippen MR) is 48.1 cm³/mol. The zero-order chi connectivity index (χ0) is 10.0. The van der Waals surface area contributed by atoms with Crippen molar-refractivity contribution in [2.45, 2.75) is 12.3 Å². The summed E-state index contributed by atoms with van der Waals surface area (Å²) in [5.41, 5.74) is -0.413. The van der Waals surface area contributed by atoms with Gasteiger partial charge >= 0.3 is 0 Å². The predicted octanol–water partition coefficient (Wildman–Crippen LogP) is 3.23. The third kappa shape index (κ3) is 2.28. The van der Waals surface area contributed by atoms with E-state index in [4.69, 9.17) is 11.6 Å². The van der Waals surface area contributed by atoms with Crippen molar-refractivity contribution in [3.05, 3.63) is 21.9 Å². The fourth-order valence-electron chi connectivity index (χ4n) is 0.837. The van der Waals surface area contributed by atoms with Crippen LogP contribution in [0, 0.1) is 0 Å². The number of hydrogen-bond acceptors (Lipinski definition) is 2. The quantitative estimate of drug-likeness (QED) is 0.662. The Morgan fingerprint density at radius 2 is 2.23 bits per heavy atom. The van der Waals surface area contributed by atoms with E-state index in [2.05, 4.69) is 20.9 Å². The number of pyridine rings is 1. The molecule has 6 heteroatoms. The number of aromatic nitrogens is 1. The molecule has 0 aliphatic rings. The smallest absolute Gasteiger partial charge is 0.267 e. The van der Waals surface area contributed by atoms with E-state index in [1.165, 1.54) is 0 Å². The van der Waals surface area contributed by atoms with Gasteiger partial charge in [-0.1, -0.05) is 0 Å². The average molecular weight is 272 g/mol. The van der Waals surface area contributed by atoms with Crippen LogP contribution in [0.5, 0.6) is 5.75 Å². The standard InChI is InChI=1S/C7H5BrClF2NO/c8-5-1-3(7(10)11)6(13)4(2-9)12-5/h1,7,13H,2H2. The Kier molecular flexibility index (Phi) is 3.44. The van der Waals surface area contributed by atoms with Crippen LogP contribution in [-0.2, 0) is 5.88 Å².